The molecule has 1 amide bonds. The summed E-state index contributed by atoms with van der Waals surface area (Å²) in [5.41, 5.74) is 11.2. The van der Waals surface area contributed by atoms with Crippen molar-refractivity contribution in [2.24, 2.45) is 0 Å². The molecule has 25 heavy (non-hydrogen) atoms. The lowest BCUT2D eigenvalue weighted by molar-refractivity contribution is 0.102. The average Bonchev–Trinajstić information content (AvgIpc) is 2.91. The molecule has 0 unspecified atom stereocenters. The maximum absolute atomic E-state index is 12.8. The number of nitrogens with one attached hydrogen (secondary N) is 1. The second-order valence-corrected chi connectivity index (χ2v) is 6.15. The number of ketones is 1. The highest BCUT2D eigenvalue weighted by Gasteiger charge is 2.30. The van der Waals surface area contributed by atoms with E-state index in [1.807, 2.05) is 37.3 Å². The molecule has 0 fully saturated rings. The van der Waals surface area contributed by atoms with Crippen molar-refractivity contribution in [3.63, 3.8) is 0 Å². The van der Waals surface area contributed by atoms with Crippen LogP contribution in [0.1, 0.15) is 31.8 Å². The second-order valence-electron chi connectivity index (χ2n) is 6.15. The number of amides is 1. The fraction of sp³-hybridized carbons (Fsp3) is 0.0476. The molecule has 4 rings (SSSR count). The molecule has 0 spiro atoms. The average molecular weight is 328 g/mol. The SMILES string of the molecule is Cc1ccc(NC(=O)c2cccc3c2-c2ccccc2C3=O)c(N)c1. The summed E-state index contributed by atoms with van der Waals surface area (Å²) in [6, 6.07) is 18.1. The first kappa shape index (κ1) is 15.1. The van der Waals surface area contributed by atoms with Crippen molar-refractivity contribution in [1.29, 1.82) is 0 Å². The number of fused-ring (bicyclic) bond motifs is 3. The van der Waals surface area contributed by atoms with Gasteiger partial charge >= 0.3 is 0 Å². The van der Waals surface area contributed by atoms with Crippen LogP contribution >= 0.6 is 0 Å². The molecule has 1 aliphatic rings. The summed E-state index contributed by atoms with van der Waals surface area (Å²) in [6.45, 7) is 1.94. The second kappa shape index (κ2) is 5.60. The lowest BCUT2D eigenvalue weighted by Crippen LogP contribution is -2.14. The quantitative estimate of drug-likeness (QED) is 0.545. The van der Waals surface area contributed by atoms with Crippen LogP contribution in [0, 0.1) is 6.92 Å². The van der Waals surface area contributed by atoms with Gasteiger partial charge in [0.2, 0.25) is 0 Å². The number of hydrogen-bond donors (Lipinski definition) is 2. The summed E-state index contributed by atoms with van der Waals surface area (Å²) < 4.78 is 0. The van der Waals surface area contributed by atoms with Gasteiger partial charge < -0.3 is 11.1 Å². The number of carbonyl (C=O) groups excluding carboxylic acids is 2. The van der Waals surface area contributed by atoms with Gasteiger partial charge in [0, 0.05) is 22.3 Å². The fourth-order valence-electron chi connectivity index (χ4n) is 3.25. The normalized spacial score (nSPS) is 11.8. The zero-order chi connectivity index (χ0) is 17.6. The molecule has 3 N–H and O–H groups in total. The molecule has 122 valence electrons. The molecule has 0 atom stereocenters. The Morgan fingerprint density at radius 1 is 0.920 bits per heavy atom. The molecule has 4 heteroatoms. The molecule has 4 nitrogen and oxygen atoms in total. The summed E-state index contributed by atoms with van der Waals surface area (Å²) in [7, 11) is 0. The van der Waals surface area contributed by atoms with E-state index in [9.17, 15) is 9.59 Å². The molecule has 0 aliphatic heterocycles. The largest absolute Gasteiger partial charge is 0.397 e. The number of nitrogen functional groups attached to an aromatic ring is 1. The Balaban J connectivity index is 1.79. The molecular weight excluding hydrogens is 312 g/mol. The first-order chi connectivity index (χ1) is 12.1. The van der Waals surface area contributed by atoms with Gasteiger partial charge in [0.25, 0.3) is 5.91 Å². The van der Waals surface area contributed by atoms with Gasteiger partial charge in [0.05, 0.1) is 11.4 Å². The summed E-state index contributed by atoms with van der Waals surface area (Å²) in [6.07, 6.45) is 0. The Morgan fingerprint density at radius 3 is 2.40 bits per heavy atom. The Labute approximate surface area is 145 Å². The zero-order valence-corrected chi connectivity index (χ0v) is 13.7. The third-order valence-corrected chi connectivity index (χ3v) is 4.45. The van der Waals surface area contributed by atoms with Gasteiger partial charge in [-0.25, -0.2) is 0 Å². The molecule has 0 heterocycles. The standard InChI is InChI=1S/C21H16N2O2/c1-12-9-10-18(17(22)11-12)23-21(25)16-8-4-7-15-19(16)13-5-2-3-6-14(13)20(15)24/h2-11H,22H2,1H3,(H,23,25). The molecular formula is C21H16N2O2. The topological polar surface area (TPSA) is 72.2 Å². The van der Waals surface area contributed by atoms with Crippen molar-refractivity contribution in [3.8, 4) is 11.1 Å². The molecule has 0 saturated heterocycles. The van der Waals surface area contributed by atoms with Crippen LogP contribution in [0.15, 0.2) is 60.7 Å². The Bertz CT molecular complexity index is 1040. The lowest BCUT2D eigenvalue weighted by Gasteiger charge is -2.12. The number of rotatable bonds is 2. The van der Waals surface area contributed by atoms with Gasteiger partial charge in [-0.15, -0.1) is 0 Å². The van der Waals surface area contributed by atoms with E-state index < -0.39 is 0 Å². The maximum atomic E-state index is 12.8. The van der Waals surface area contributed by atoms with Crippen molar-refractivity contribution in [2.75, 3.05) is 11.1 Å². The predicted molar refractivity (Wildman–Crippen MR) is 98.9 cm³/mol. The van der Waals surface area contributed by atoms with Crippen LogP contribution in [0.3, 0.4) is 0 Å². The number of nitrogens with two attached hydrogens (primary N) is 1. The van der Waals surface area contributed by atoms with Crippen LogP contribution < -0.4 is 11.1 Å². The first-order valence-electron chi connectivity index (χ1n) is 8.01. The van der Waals surface area contributed by atoms with E-state index in [-0.39, 0.29) is 11.7 Å². The molecule has 0 saturated carbocycles. The van der Waals surface area contributed by atoms with Crippen molar-refractivity contribution in [1.82, 2.24) is 0 Å². The number of hydrogen-bond acceptors (Lipinski definition) is 3. The Hall–Kier alpha value is -3.40. The Morgan fingerprint density at radius 2 is 1.64 bits per heavy atom. The van der Waals surface area contributed by atoms with Gasteiger partial charge in [-0.05, 0) is 36.2 Å². The minimum absolute atomic E-state index is 0.0462. The molecule has 0 bridgehead atoms. The molecule has 1 aliphatic carbocycles. The summed E-state index contributed by atoms with van der Waals surface area (Å²) in [4.78, 5) is 25.4. The molecule has 3 aromatic carbocycles. The third-order valence-electron chi connectivity index (χ3n) is 4.45. The van der Waals surface area contributed by atoms with E-state index in [4.69, 9.17) is 5.73 Å². The zero-order valence-electron chi connectivity index (χ0n) is 13.7. The van der Waals surface area contributed by atoms with Crippen LogP contribution in [0.5, 0.6) is 0 Å². The highest BCUT2D eigenvalue weighted by Crippen LogP contribution is 2.39. The van der Waals surface area contributed by atoms with E-state index >= 15 is 0 Å². The van der Waals surface area contributed by atoms with E-state index in [0.717, 1.165) is 11.1 Å². The minimum atomic E-state index is -0.281. The summed E-state index contributed by atoms with van der Waals surface area (Å²) in [5.74, 6) is -0.327. The highest BCUT2D eigenvalue weighted by atomic mass is 16.1. The van der Waals surface area contributed by atoms with Crippen LogP contribution in [0.2, 0.25) is 0 Å². The smallest absolute Gasteiger partial charge is 0.256 e. The van der Waals surface area contributed by atoms with Crippen LogP contribution in [0.4, 0.5) is 11.4 Å². The molecule has 0 radical (unpaired) electrons. The Kier molecular flexibility index (Phi) is 3.39. The van der Waals surface area contributed by atoms with Gasteiger partial charge in [-0.2, -0.15) is 0 Å². The number of aryl methyl sites for hydroxylation is 1. The van der Waals surface area contributed by atoms with E-state index in [2.05, 4.69) is 5.32 Å². The van der Waals surface area contributed by atoms with Gasteiger partial charge in [-0.1, -0.05) is 42.5 Å². The monoisotopic (exact) mass is 328 g/mol. The third kappa shape index (κ3) is 2.39. The number of carbonyl (C=O) groups is 2. The van der Waals surface area contributed by atoms with Crippen LogP contribution in [0.25, 0.3) is 11.1 Å². The maximum Gasteiger partial charge on any atom is 0.256 e. The van der Waals surface area contributed by atoms with Crippen molar-refractivity contribution in [3.05, 3.63) is 82.9 Å². The highest BCUT2D eigenvalue weighted by molar-refractivity contribution is 6.25. The van der Waals surface area contributed by atoms with Crippen LogP contribution in [-0.4, -0.2) is 11.7 Å². The van der Waals surface area contributed by atoms with E-state index in [1.54, 1.807) is 30.3 Å². The summed E-state index contributed by atoms with van der Waals surface area (Å²) >= 11 is 0. The first-order valence-corrected chi connectivity index (χ1v) is 8.01. The van der Waals surface area contributed by atoms with Crippen molar-refractivity contribution >= 4 is 23.1 Å². The molecule has 3 aromatic rings. The lowest BCUT2D eigenvalue weighted by atomic mass is 9.99. The summed E-state index contributed by atoms with van der Waals surface area (Å²) in [5, 5.41) is 2.85. The van der Waals surface area contributed by atoms with Gasteiger partial charge in [0.15, 0.2) is 5.78 Å². The van der Waals surface area contributed by atoms with E-state index in [0.29, 0.717) is 33.6 Å². The van der Waals surface area contributed by atoms with Crippen molar-refractivity contribution < 1.29 is 9.59 Å². The minimum Gasteiger partial charge on any atom is -0.397 e. The van der Waals surface area contributed by atoms with Crippen LogP contribution in [-0.2, 0) is 0 Å². The van der Waals surface area contributed by atoms with Crippen molar-refractivity contribution in [2.45, 2.75) is 6.92 Å². The van der Waals surface area contributed by atoms with Gasteiger partial charge in [-0.3, -0.25) is 9.59 Å². The number of anilines is 2. The van der Waals surface area contributed by atoms with Gasteiger partial charge in [0.1, 0.15) is 0 Å². The molecule has 0 aromatic heterocycles. The number of benzene rings is 3. The predicted octanol–water partition coefficient (Wildman–Crippen LogP) is 4.04. The fourth-order valence-corrected chi connectivity index (χ4v) is 3.25. The van der Waals surface area contributed by atoms with E-state index in [1.165, 1.54) is 0 Å².